The van der Waals surface area contributed by atoms with E-state index in [0.29, 0.717) is 0 Å². The van der Waals surface area contributed by atoms with E-state index < -0.39 is 0 Å². The van der Waals surface area contributed by atoms with Crippen molar-refractivity contribution in [3.8, 4) is 0 Å². The quantitative estimate of drug-likeness (QED) is 0.760. The molecular formula is C19H29N3O. The lowest BCUT2D eigenvalue weighted by Crippen LogP contribution is -2.21. The van der Waals surface area contributed by atoms with E-state index in [1.54, 1.807) is 0 Å². The molecule has 0 aliphatic carbocycles. The van der Waals surface area contributed by atoms with Crippen LogP contribution in [-0.4, -0.2) is 42.8 Å². The Balaban J connectivity index is 1.77. The molecule has 1 N–H and O–H groups in total. The minimum absolute atomic E-state index is 0.806. The van der Waals surface area contributed by atoms with Gasteiger partial charge in [-0.25, -0.2) is 0 Å². The SMILES string of the molecule is CCOCCN1Cc2cc3c(CCCNC)cn(C)c3cc2C1. The first-order valence-corrected chi connectivity index (χ1v) is 8.77. The van der Waals surface area contributed by atoms with Crippen LogP contribution in [0, 0.1) is 0 Å². The topological polar surface area (TPSA) is 29.4 Å². The summed E-state index contributed by atoms with van der Waals surface area (Å²) in [7, 11) is 4.19. The van der Waals surface area contributed by atoms with E-state index in [2.05, 4.69) is 47.1 Å². The third-order valence-corrected chi connectivity index (χ3v) is 4.81. The summed E-state index contributed by atoms with van der Waals surface area (Å²) in [6.07, 6.45) is 4.64. The highest BCUT2D eigenvalue weighted by molar-refractivity contribution is 5.85. The molecule has 0 fully saturated rings. The summed E-state index contributed by atoms with van der Waals surface area (Å²) >= 11 is 0. The van der Waals surface area contributed by atoms with E-state index in [9.17, 15) is 0 Å². The molecule has 4 nitrogen and oxygen atoms in total. The molecule has 23 heavy (non-hydrogen) atoms. The van der Waals surface area contributed by atoms with Crippen LogP contribution in [0.15, 0.2) is 18.3 Å². The Morgan fingerprint density at radius 3 is 2.74 bits per heavy atom. The number of hydrogen-bond acceptors (Lipinski definition) is 3. The Morgan fingerprint density at radius 2 is 2.00 bits per heavy atom. The predicted octanol–water partition coefficient (Wildman–Crippen LogP) is 2.68. The van der Waals surface area contributed by atoms with Crippen molar-refractivity contribution in [2.24, 2.45) is 7.05 Å². The highest BCUT2D eigenvalue weighted by Gasteiger charge is 2.20. The second kappa shape index (κ2) is 7.47. The van der Waals surface area contributed by atoms with Crippen molar-refractivity contribution in [3.63, 3.8) is 0 Å². The molecule has 0 amide bonds. The van der Waals surface area contributed by atoms with Gasteiger partial charge in [0.15, 0.2) is 0 Å². The van der Waals surface area contributed by atoms with Gasteiger partial charge >= 0.3 is 0 Å². The zero-order valence-corrected chi connectivity index (χ0v) is 14.7. The van der Waals surface area contributed by atoms with Crippen LogP contribution in [-0.2, 0) is 31.3 Å². The van der Waals surface area contributed by atoms with Crippen molar-refractivity contribution < 1.29 is 4.74 Å². The second-order valence-electron chi connectivity index (χ2n) is 6.52. The minimum Gasteiger partial charge on any atom is -0.380 e. The molecule has 0 saturated carbocycles. The van der Waals surface area contributed by atoms with Crippen molar-refractivity contribution in [2.75, 3.05) is 33.4 Å². The van der Waals surface area contributed by atoms with Gasteiger partial charge in [-0.3, -0.25) is 4.90 Å². The van der Waals surface area contributed by atoms with Crippen LogP contribution in [0.25, 0.3) is 10.9 Å². The maximum atomic E-state index is 5.50. The first-order chi connectivity index (χ1) is 11.2. The monoisotopic (exact) mass is 315 g/mol. The van der Waals surface area contributed by atoms with Gasteiger partial charge in [-0.05, 0) is 62.2 Å². The third-order valence-electron chi connectivity index (χ3n) is 4.81. The van der Waals surface area contributed by atoms with Crippen molar-refractivity contribution in [1.29, 1.82) is 0 Å². The molecule has 4 heteroatoms. The average Bonchev–Trinajstić information content (AvgIpc) is 3.07. The Hall–Kier alpha value is -1.36. The first-order valence-electron chi connectivity index (χ1n) is 8.77. The van der Waals surface area contributed by atoms with Crippen molar-refractivity contribution in [2.45, 2.75) is 32.9 Å². The number of aromatic nitrogens is 1. The lowest BCUT2D eigenvalue weighted by molar-refractivity contribution is 0.113. The summed E-state index contributed by atoms with van der Waals surface area (Å²) in [5, 5.41) is 4.68. The van der Waals surface area contributed by atoms with Gasteiger partial charge in [-0.15, -0.1) is 0 Å². The van der Waals surface area contributed by atoms with Gasteiger partial charge in [-0.2, -0.15) is 0 Å². The number of nitrogens with zero attached hydrogens (tertiary/aromatic N) is 2. The normalized spacial score (nSPS) is 14.7. The van der Waals surface area contributed by atoms with Gasteiger partial charge in [-0.1, -0.05) is 0 Å². The molecule has 0 atom stereocenters. The van der Waals surface area contributed by atoms with Gasteiger partial charge in [0.2, 0.25) is 0 Å². The molecule has 126 valence electrons. The number of aryl methyl sites for hydroxylation is 2. The standard InChI is InChI=1S/C19H29N3O/c1-4-23-9-8-22-13-16-10-18-15(6-5-7-20-2)12-21(3)19(18)11-17(16)14-22/h10-12,20H,4-9,13-14H2,1-3H3. The highest BCUT2D eigenvalue weighted by Crippen LogP contribution is 2.30. The second-order valence-corrected chi connectivity index (χ2v) is 6.52. The maximum Gasteiger partial charge on any atom is 0.0593 e. The number of fused-ring (bicyclic) bond motifs is 2. The fourth-order valence-electron chi connectivity index (χ4n) is 3.58. The van der Waals surface area contributed by atoms with Crippen molar-refractivity contribution in [1.82, 2.24) is 14.8 Å². The smallest absolute Gasteiger partial charge is 0.0593 e. The van der Waals surface area contributed by atoms with E-state index in [-0.39, 0.29) is 0 Å². The molecule has 0 saturated heterocycles. The number of hydrogen-bond donors (Lipinski definition) is 1. The molecule has 1 aliphatic rings. The molecular weight excluding hydrogens is 286 g/mol. The van der Waals surface area contributed by atoms with Crippen LogP contribution in [0.2, 0.25) is 0 Å². The van der Waals surface area contributed by atoms with Crippen LogP contribution in [0.4, 0.5) is 0 Å². The van der Waals surface area contributed by atoms with Gasteiger partial charge in [0.05, 0.1) is 6.61 Å². The first kappa shape index (κ1) is 16.5. The zero-order chi connectivity index (χ0) is 16.2. The molecule has 1 aliphatic heterocycles. The maximum absolute atomic E-state index is 5.50. The van der Waals surface area contributed by atoms with E-state index >= 15 is 0 Å². The largest absolute Gasteiger partial charge is 0.380 e. The van der Waals surface area contributed by atoms with Gasteiger partial charge < -0.3 is 14.6 Å². The third kappa shape index (κ3) is 3.60. The summed E-state index contributed by atoms with van der Waals surface area (Å²) in [5.74, 6) is 0. The lowest BCUT2D eigenvalue weighted by Gasteiger charge is -2.13. The fourth-order valence-corrected chi connectivity index (χ4v) is 3.58. The summed E-state index contributed by atoms with van der Waals surface area (Å²) in [5.41, 5.74) is 5.83. The predicted molar refractivity (Wildman–Crippen MR) is 95.8 cm³/mol. The Morgan fingerprint density at radius 1 is 1.22 bits per heavy atom. The molecule has 2 heterocycles. The Kier molecular flexibility index (Phi) is 5.36. The van der Waals surface area contributed by atoms with Crippen LogP contribution in [0.1, 0.15) is 30.0 Å². The van der Waals surface area contributed by atoms with Crippen LogP contribution in [0.5, 0.6) is 0 Å². The lowest BCUT2D eigenvalue weighted by atomic mass is 10.0. The molecule has 0 radical (unpaired) electrons. The molecule has 3 rings (SSSR count). The fraction of sp³-hybridized carbons (Fsp3) is 0.579. The van der Waals surface area contributed by atoms with Crippen molar-refractivity contribution >= 4 is 10.9 Å². The average molecular weight is 315 g/mol. The molecule has 0 unspecified atom stereocenters. The summed E-state index contributed by atoms with van der Waals surface area (Å²) < 4.78 is 7.78. The van der Waals surface area contributed by atoms with E-state index in [1.807, 2.05) is 7.05 Å². The highest BCUT2D eigenvalue weighted by atomic mass is 16.5. The van der Waals surface area contributed by atoms with Crippen LogP contribution >= 0.6 is 0 Å². The Bertz CT molecular complexity index is 662. The van der Waals surface area contributed by atoms with Crippen LogP contribution in [0.3, 0.4) is 0 Å². The van der Waals surface area contributed by atoms with Crippen LogP contribution < -0.4 is 5.32 Å². The van der Waals surface area contributed by atoms with Gasteiger partial charge in [0.25, 0.3) is 0 Å². The molecule has 1 aromatic heterocycles. The molecule has 2 aromatic rings. The number of nitrogens with one attached hydrogen (secondary N) is 1. The molecule has 0 bridgehead atoms. The molecule has 0 spiro atoms. The zero-order valence-electron chi connectivity index (χ0n) is 14.7. The number of ether oxygens (including phenoxy) is 1. The number of benzene rings is 1. The van der Waals surface area contributed by atoms with E-state index in [0.717, 1.165) is 45.8 Å². The van der Waals surface area contributed by atoms with Gasteiger partial charge in [0.1, 0.15) is 0 Å². The summed E-state index contributed by atoms with van der Waals surface area (Å²) in [6, 6.07) is 4.83. The van der Waals surface area contributed by atoms with E-state index in [4.69, 9.17) is 4.74 Å². The van der Waals surface area contributed by atoms with Gasteiger partial charge in [0, 0.05) is 50.4 Å². The molecule has 1 aromatic carbocycles. The summed E-state index contributed by atoms with van der Waals surface area (Å²) in [6.45, 7) is 7.91. The van der Waals surface area contributed by atoms with E-state index in [1.165, 1.54) is 34.0 Å². The Labute approximate surface area is 139 Å². The minimum atomic E-state index is 0.806. The van der Waals surface area contributed by atoms with Crippen molar-refractivity contribution in [3.05, 3.63) is 35.0 Å². The number of rotatable bonds is 8. The summed E-state index contributed by atoms with van der Waals surface area (Å²) in [4.78, 5) is 2.49.